The van der Waals surface area contributed by atoms with Crippen LogP contribution in [0.4, 0.5) is 5.82 Å². The second kappa shape index (κ2) is 4.21. The van der Waals surface area contributed by atoms with Crippen LogP contribution in [0.25, 0.3) is 0 Å². The van der Waals surface area contributed by atoms with Gasteiger partial charge in [-0.25, -0.2) is 8.42 Å². The number of rotatable bonds is 3. The van der Waals surface area contributed by atoms with Gasteiger partial charge in [-0.2, -0.15) is 5.10 Å². The summed E-state index contributed by atoms with van der Waals surface area (Å²) in [4.78, 5) is 0.272. The number of aryl methyl sites for hydroxylation is 2. The van der Waals surface area contributed by atoms with Gasteiger partial charge in [0.15, 0.2) is 0 Å². The van der Waals surface area contributed by atoms with Crippen LogP contribution in [-0.2, 0) is 10.0 Å². The van der Waals surface area contributed by atoms with E-state index in [1.807, 2.05) is 0 Å². The molecule has 5 nitrogen and oxygen atoms in total. The first-order chi connectivity index (χ1) is 8.00. The predicted molar refractivity (Wildman–Crippen MR) is 65.3 cm³/mol. The summed E-state index contributed by atoms with van der Waals surface area (Å²) in [6, 6.07) is 6.83. The van der Waals surface area contributed by atoms with Crippen LogP contribution in [-0.4, -0.2) is 18.6 Å². The summed E-state index contributed by atoms with van der Waals surface area (Å²) in [5.41, 5.74) is 1.46. The number of H-pyrrole nitrogens is 1. The number of hydrogen-bond donors (Lipinski definition) is 2. The fraction of sp³-hybridized carbons (Fsp3) is 0.182. The average Bonchev–Trinajstić information content (AvgIpc) is 2.64. The van der Waals surface area contributed by atoms with Crippen LogP contribution in [0.1, 0.15) is 11.1 Å². The number of nitrogens with zero attached hydrogens (tertiary/aromatic N) is 1. The topological polar surface area (TPSA) is 74.8 Å². The molecular weight excluding hydrogens is 238 g/mol. The van der Waals surface area contributed by atoms with E-state index in [0.29, 0.717) is 11.4 Å². The van der Waals surface area contributed by atoms with E-state index in [2.05, 4.69) is 14.9 Å². The number of anilines is 1. The van der Waals surface area contributed by atoms with E-state index in [1.165, 1.54) is 0 Å². The molecular formula is C11H13N3O2S. The maximum Gasteiger partial charge on any atom is 0.263 e. The van der Waals surface area contributed by atoms with Gasteiger partial charge in [0.1, 0.15) is 5.82 Å². The molecule has 0 aliphatic heterocycles. The van der Waals surface area contributed by atoms with Crippen molar-refractivity contribution in [1.29, 1.82) is 0 Å². The van der Waals surface area contributed by atoms with E-state index >= 15 is 0 Å². The van der Waals surface area contributed by atoms with Crippen LogP contribution >= 0.6 is 0 Å². The molecule has 0 aliphatic rings. The number of hydrogen-bond acceptors (Lipinski definition) is 3. The minimum atomic E-state index is -3.56. The Hall–Kier alpha value is -1.82. The molecule has 0 saturated carbocycles. The highest BCUT2D eigenvalue weighted by Gasteiger charge is 2.17. The molecule has 2 rings (SSSR count). The van der Waals surface area contributed by atoms with E-state index in [1.54, 1.807) is 44.3 Å². The van der Waals surface area contributed by atoms with E-state index in [-0.39, 0.29) is 4.90 Å². The van der Waals surface area contributed by atoms with Gasteiger partial charge in [-0.1, -0.05) is 18.2 Å². The molecule has 2 aromatic rings. The second-order valence-electron chi connectivity index (χ2n) is 3.80. The van der Waals surface area contributed by atoms with Crippen LogP contribution in [0.2, 0.25) is 0 Å². The third-order valence-corrected chi connectivity index (χ3v) is 3.96. The molecule has 0 bridgehead atoms. The summed E-state index contributed by atoms with van der Waals surface area (Å²) >= 11 is 0. The van der Waals surface area contributed by atoms with Gasteiger partial charge in [-0.05, 0) is 25.5 Å². The summed E-state index contributed by atoms with van der Waals surface area (Å²) in [5, 5.41) is 6.38. The Labute approximate surface area is 99.9 Å². The lowest BCUT2D eigenvalue weighted by Crippen LogP contribution is -2.15. The van der Waals surface area contributed by atoms with E-state index < -0.39 is 10.0 Å². The Morgan fingerprint density at radius 3 is 2.47 bits per heavy atom. The number of aromatic amines is 1. The van der Waals surface area contributed by atoms with Crippen LogP contribution in [0, 0.1) is 13.8 Å². The molecule has 90 valence electrons. The van der Waals surface area contributed by atoms with Crippen molar-refractivity contribution in [3.63, 3.8) is 0 Å². The molecule has 0 fully saturated rings. The molecule has 0 aliphatic carbocycles. The third-order valence-electron chi connectivity index (χ3n) is 2.45. The smallest absolute Gasteiger partial charge is 0.263 e. The first kappa shape index (κ1) is 11.7. The standard InChI is InChI=1S/C11H13N3O2S/c1-8-5-3-4-6-10(8)17(15,16)14-11-9(2)7-12-13-11/h3-7H,1-2H3,(H2,12,13,14). The lowest BCUT2D eigenvalue weighted by Gasteiger charge is -2.08. The largest absolute Gasteiger partial charge is 0.264 e. The molecule has 0 radical (unpaired) electrons. The van der Waals surface area contributed by atoms with Crippen molar-refractivity contribution in [2.75, 3.05) is 4.72 Å². The van der Waals surface area contributed by atoms with Gasteiger partial charge in [-0.3, -0.25) is 9.82 Å². The highest BCUT2D eigenvalue weighted by molar-refractivity contribution is 7.92. The molecule has 1 aromatic heterocycles. The zero-order valence-corrected chi connectivity index (χ0v) is 10.4. The Morgan fingerprint density at radius 1 is 1.18 bits per heavy atom. The summed E-state index contributed by atoms with van der Waals surface area (Å²) in [6.07, 6.45) is 1.57. The molecule has 0 atom stereocenters. The molecule has 1 heterocycles. The second-order valence-corrected chi connectivity index (χ2v) is 5.45. The SMILES string of the molecule is Cc1ccccc1S(=O)(=O)Nc1[nH]ncc1C. The zero-order valence-electron chi connectivity index (χ0n) is 9.56. The summed E-state index contributed by atoms with van der Waals surface area (Å²) in [6.45, 7) is 3.54. The van der Waals surface area contributed by atoms with Crippen LogP contribution in [0.15, 0.2) is 35.4 Å². The Morgan fingerprint density at radius 2 is 1.88 bits per heavy atom. The predicted octanol–water partition coefficient (Wildman–Crippen LogP) is 1.83. The number of benzene rings is 1. The first-order valence-corrected chi connectivity index (χ1v) is 6.57. The average molecular weight is 251 g/mol. The van der Waals surface area contributed by atoms with Gasteiger partial charge >= 0.3 is 0 Å². The maximum absolute atomic E-state index is 12.1. The molecule has 0 spiro atoms. The monoisotopic (exact) mass is 251 g/mol. The highest BCUT2D eigenvalue weighted by Crippen LogP contribution is 2.19. The molecule has 1 aromatic carbocycles. The Balaban J connectivity index is 2.39. The Kier molecular flexibility index (Phi) is 2.89. The molecule has 6 heteroatoms. The van der Waals surface area contributed by atoms with Crippen LogP contribution in [0.5, 0.6) is 0 Å². The van der Waals surface area contributed by atoms with E-state index in [9.17, 15) is 8.42 Å². The summed E-state index contributed by atoms with van der Waals surface area (Å²) in [7, 11) is -3.56. The highest BCUT2D eigenvalue weighted by atomic mass is 32.2. The quantitative estimate of drug-likeness (QED) is 0.873. The lowest BCUT2D eigenvalue weighted by atomic mass is 10.2. The van der Waals surface area contributed by atoms with Gasteiger partial charge in [0.25, 0.3) is 10.0 Å². The molecule has 0 amide bonds. The molecule has 0 saturated heterocycles. The Bertz CT molecular complexity index is 632. The maximum atomic E-state index is 12.1. The zero-order chi connectivity index (χ0) is 12.5. The first-order valence-electron chi connectivity index (χ1n) is 5.09. The molecule has 17 heavy (non-hydrogen) atoms. The van der Waals surface area contributed by atoms with Crippen molar-refractivity contribution in [2.24, 2.45) is 0 Å². The minimum Gasteiger partial charge on any atom is -0.264 e. The fourth-order valence-corrected chi connectivity index (χ4v) is 2.83. The van der Waals surface area contributed by atoms with Gasteiger partial charge in [-0.15, -0.1) is 0 Å². The van der Waals surface area contributed by atoms with E-state index in [0.717, 1.165) is 5.56 Å². The fourth-order valence-electron chi connectivity index (χ4n) is 1.50. The van der Waals surface area contributed by atoms with Crippen molar-refractivity contribution in [1.82, 2.24) is 10.2 Å². The van der Waals surface area contributed by atoms with Crippen LogP contribution < -0.4 is 4.72 Å². The van der Waals surface area contributed by atoms with Gasteiger partial charge in [0.2, 0.25) is 0 Å². The van der Waals surface area contributed by atoms with Crippen molar-refractivity contribution in [3.8, 4) is 0 Å². The lowest BCUT2D eigenvalue weighted by molar-refractivity contribution is 0.600. The van der Waals surface area contributed by atoms with Crippen molar-refractivity contribution in [3.05, 3.63) is 41.6 Å². The van der Waals surface area contributed by atoms with Crippen molar-refractivity contribution >= 4 is 15.8 Å². The van der Waals surface area contributed by atoms with E-state index in [4.69, 9.17) is 0 Å². The third kappa shape index (κ3) is 2.31. The van der Waals surface area contributed by atoms with Crippen molar-refractivity contribution in [2.45, 2.75) is 18.7 Å². The molecule has 2 N–H and O–H groups in total. The van der Waals surface area contributed by atoms with Gasteiger partial charge in [0, 0.05) is 5.56 Å². The van der Waals surface area contributed by atoms with Crippen molar-refractivity contribution < 1.29 is 8.42 Å². The molecule has 0 unspecified atom stereocenters. The minimum absolute atomic E-state index is 0.272. The van der Waals surface area contributed by atoms with Gasteiger partial charge < -0.3 is 0 Å². The normalized spacial score (nSPS) is 11.4. The summed E-state index contributed by atoms with van der Waals surface area (Å²) < 4.78 is 26.7. The summed E-state index contributed by atoms with van der Waals surface area (Å²) in [5.74, 6) is 0.397. The number of sulfonamides is 1. The van der Waals surface area contributed by atoms with Gasteiger partial charge in [0.05, 0.1) is 11.1 Å². The van der Waals surface area contributed by atoms with Crippen LogP contribution in [0.3, 0.4) is 0 Å². The number of aromatic nitrogens is 2. The number of nitrogens with one attached hydrogen (secondary N) is 2.